The van der Waals surface area contributed by atoms with Crippen molar-refractivity contribution in [3.8, 4) is 5.88 Å². The van der Waals surface area contributed by atoms with E-state index < -0.39 is 0 Å². The lowest BCUT2D eigenvalue weighted by atomic mass is 10.2. The van der Waals surface area contributed by atoms with E-state index in [4.69, 9.17) is 4.74 Å². The number of fused-ring (bicyclic) bond motifs is 1. The molecule has 3 aromatic rings. The molecule has 20 heavy (non-hydrogen) atoms. The largest absolute Gasteiger partial charge is 0.480 e. The zero-order chi connectivity index (χ0) is 13.9. The van der Waals surface area contributed by atoms with Crippen molar-refractivity contribution in [3.63, 3.8) is 0 Å². The van der Waals surface area contributed by atoms with Crippen molar-refractivity contribution < 1.29 is 4.74 Å². The van der Waals surface area contributed by atoms with Crippen LogP contribution >= 0.6 is 0 Å². The summed E-state index contributed by atoms with van der Waals surface area (Å²) in [5, 5.41) is 3.18. The van der Waals surface area contributed by atoms with Crippen molar-refractivity contribution in [2.45, 2.75) is 6.54 Å². The summed E-state index contributed by atoms with van der Waals surface area (Å²) in [7, 11) is 3.48. The van der Waals surface area contributed by atoms with Crippen LogP contribution in [-0.2, 0) is 13.6 Å². The highest BCUT2D eigenvalue weighted by molar-refractivity contribution is 5.71. The van der Waals surface area contributed by atoms with Crippen molar-refractivity contribution in [1.29, 1.82) is 0 Å². The zero-order valence-electron chi connectivity index (χ0n) is 11.2. The molecule has 1 N–H and O–H groups in total. The van der Waals surface area contributed by atoms with Gasteiger partial charge in [-0.2, -0.15) is 4.98 Å². The molecular formula is C13H14N6O. The van der Waals surface area contributed by atoms with E-state index in [-0.39, 0.29) is 0 Å². The summed E-state index contributed by atoms with van der Waals surface area (Å²) >= 11 is 0. The van der Waals surface area contributed by atoms with E-state index in [1.54, 1.807) is 25.8 Å². The van der Waals surface area contributed by atoms with E-state index in [9.17, 15) is 0 Å². The van der Waals surface area contributed by atoms with E-state index in [1.807, 2.05) is 23.9 Å². The standard InChI is InChI=1S/C13H14N6O/c1-19-8-17-10-3-9(5-16-13(10)19)4-15-11-6-14-7-12(18-11)20-2/h3,5-8H,4H2,1-2H3,(H,15,18). The Morgan fingerprint density at radius 3 is 3.00 bits per heavy atom. The second kappa shape index (κ2) is 5.12. The van der Waals surface area contributed by atoms with Gasteiger partial charge in [0.1, 0.15) is 11.3 Å². The van der Waals surface area contributed by atoms with Crippen LogP contribution in [0.4, 0.5) is 5.82 Å². The molecule has 0 aliphatic heterocycles. The van der Waals surface area contributed by atoms with Crippen molar-refractivity contribution in [1.82, 2.24) is 24.5 Å². The molecule has 0 bridgehead atoms. The van der Waals surface area contributed by atoms with Crippen molar-refractivity contribution >= 4 is 17.0 Å². The van der Waals surface area contributed by atoms with Gasteiger partial charge in [-0.1, -0.05) is 0 Å². The molecule has 7 heteroatoms. The normalized spacial score (nSPS) is 10.7. The van der Waals surface area contributed by atoms with Gasteiger partial charge in [-0.3, -0.25) is 4.98 Å². The average molecular weight is 270 g/mol. The van der Waals surface area contributed by atoms with Crippen LogP contribution in [0.15, 0.2) is 31.0 Å². The number of hydrogen-bond donors (Lipinski definition) is 1. The van der Waals surface area contributed by atoms with Crippen LogP contribution in [0.25, 0.3) is 11.2 Å². The number of imidazole rings is 1. The quantitative estimate of drug-likeness (QED) is 0.771. The van der Waals surface area contributed by atoms with Gasteiger partial charge in [-0.15, -0.1) is 0 Å². The Kier molecular flexibility index (Phi) is 3.16. The van der Waals surface area contributed by atoms with E-state index in [2.05, 4.69) is 25.3 Å². The third-order valence-corrected chi connectivity index (χ3v) is 2.90. The van der Waals surface area contributed by atoms with Gasteiger partial charge in [-0.05, 0) is 11.6 Å². The van der Waals surface area contributed by atoms with Crippen molar-refractivity contribution in [3.05, 3.63) is 36.5 Å². The van der Waals surface area contributed by atoms with E-state index in [1.165, 1.54) is 0 Å². The van der Waals surface area contributed by atoms with Crippen LogP contribution in [0, 0.1) is 0 Å². The Hall–Kier alpha value is -2.70. The fraction of sp³-hybridized carbons (Fsp3) is 0.231. The van der Waals surface area contributed by atoms with Gasteiger partial charge in [0.15, 0.2) is 5.65 Å². The first kappa shape index (κ1) is 12.3. The van der Waals surface area contributed by atoms with Crippen LogP contribution in [-0.4, -0.2) is 31.6 Å². The number of ether oxygens (including phenoxy) is 1. The molecule has 0 atom stereocenters. The Morgan fingerprint density at radius 2 is 2.15 bits per heavy atom. The molecule has 7 nitrogen and oxygen atoms in total. The molecule has 0 aliphatic rings. The smallest absolute Gasteiger partial charge is 0.233 e. The lowest BCUT2D eigenvalue weighted by Gasteiger charge is -2.06. The SMILES string of the molecule is COc1cncc(NCc2cnc3c(c2)ncn3C)n1. The first-order chi connectivity index (χ1) is 9.76. The average Bonchev–Trinajstić information content (AvgIpc) is 2.86. The Bertz CT molecular complexity index is 739. The van der Waals surface area contributed by atoms with Crippen molar-refractivity contribution in [2.75, 3.05) is 12.4 Å². The summed E-state index contributed by atoms with van der Waals surface area (Å²) in [6.07, 6.45) is 6.79. The monoisotopic (exact) mass is 270 g/mol. The maximum atomic E-state index is 5.03. The fourth-order valence-corrected chi connectivity index (χ4v) is 1.88. The Balaban J connectivity index is 1.75. The van der Waals surface area contributed by atoms with Crippen molar-refractivity contribution in [2.24, 2.45) is 7.05 Å². The Labute approximate surface area is 115 Å². The summed E-state index contributed by atoms with van der Waals surface area (Å²) in [6.45, 7) is 0.599. The second-order valence-corrected chi connectivity index (χ2v) is 4.34. The molecule has 0 fully saturated rings. The van der Waals surface area contributed by atoms with Crippen LogP contribution in [0.1, 0.15) is 5.56 Å². The topological polar surface area (TPSA) is 77.8 Å². The molecular weight excluding hydrogens is 256 g/mol. The molecule has 3 heterocycles. The van der Waals surface area contributed by atoms with Gasteiger partial charge in [0, 0.05) is 19.8 Å². The Morgan fingerprint density at radius 1 is 1.25 bits per heavy atom. The highest BCUT2D eigenvalue weighted by atomic mass is 16.5. The molecule has 0 aromatic carbocycles. The number of anilines is 1. The molecule has 0 unspecified atom stereocenters. The molecule has 3 rings (SSSR count). The first-order valence-corrected chi connectivity index (χ1v) is 6.12. The van der Waals surface area contributed by atoms with E-state index in [0.717, 1.165) is 16.7 Å². The lowest BCUT2D eigenvalue weighted by Crippen LogP contribution is -2.03. The third kappa shape index (κ3) is 2.37. The van der Waals surface area contributed by atoms with Crippen LogP contribution in [0.5, 0.6) is 5.88 Å². The maximum absolute atomic E-state index is 5.03. The number of pyridine rings is 1. The fourth-order valence-electron chi connectivity index (χ4n) is 1.88. The number of hydrogen-bond acceptors (Lipinski definition) is 6. The number of methoxy groups -OCH3 is 1. The van der Waals surface area contributed by atoms with Crippen LogP contribution in [0.2, 0.25) is 0 Å². The molecule has 102 valence electrons. The lowest BCUT2D eigenvalue weighted by molar-refractivity contribution is 0.396. The van der Waals surface area contributed by atoms with Crippen LogP contribution in [0.3, 0.4) is 0 Å². The minimum Gasteiger partial charge on any atom is -0.480 e. The van der Waals surface area contributed by atoms with Gasteiger partial charge in [0.05, 0.1) is 25.8 Å². The van der Waals surface area contributed by atoms with Gasteiger partial charge >= 0.3 is 0 Å². The van der Waals surface area contributed by atoms with Gasteiger partial charge in [-0.25, -0.2) is 9.97 Å². The highest BCUT2D eigenvalue weighted by Crippen LogP contribution is 2.13. The zero-order valence-corrected chi connectivity index (χ0v) is 11.2. The summed E-state index contributed by atoms with van der Waals surface area (Å²) in [5.41, 5.74) is 2.78. The number of rotatable bonds is 4. The molecule has 0 saturated heterocycles. The summed E-state index contributed by atoms with van der Waals surface area (Å²) in [4.78, 5) is 16.9. The third-order valence-electron chi connectivity index (χ3n) is 2.90. The van der Waals surface area contributed by atoms with Gasteiger partial charge in [0.25, 0.3) is 0 Å². The molecule has 0 spiro atoms. The summed E-state index contributed by atoms with van der Waals surface area (Å²) in [5.74, 6) is 1.14. The number of nitrogens with zero attached hydrogens (tertiary/aromatic N) is 5. The van der Waals surface area contributed by atoms with E-state index >= 15 is 0 Å². The summed E-state index contributed by atoms with van der Waals surface area (Å²) < 4.78 is 6.92. The molecule has 3 aromatic heterocycles. The number of nitrogens with one attached hydrogen (secondary N) is 1. The minimum atomic E-state index is 0.480. The van der Waals surface area contributed by atoms with Gasteiger partial charge < -0.3 is 14.6 Å². The number of aromatic nitrogens is 5. The highest BCUT2D eigenvalue weighted by Gasteiger charge is 2.03. The molecule has 0 saturated carbocycles. The number of aryl methyl sites for hydroxylation is 1. The maximum Gasteiger partial charge on any atom is 0.233 e. The molecule has 0 aliphatic carbocycles. The van der Waals surface area contributed by atoms with Crippen LogP contribution < -0.4 is 10.1 Å². The van der Waals surface area contributed by atoms with E-state index in [0.29, 0.717) is 18.2 Å². The first-order valence-electron chi connectivity index (χ1n) is 6.12. The second-order valence-electron chi connectivity index (χ2n) is 4.34. The minimum absolute atomic E-state index is 0.480. The molecule has 0 radical (unpaired) electrons. The summed E-state index contributed by atoms with van der Waals surface area (Å²) in [6, 6.07) is 2.00. The predicted octanol–water partition coefficient (Wildman–Crippen LogP) is 1.38. The molecule has 0 amide bonds. The predicted molar refractivity (Wildman–Crippen MR) is 74.4 cm³/mol. The van der Waals surface area contributed by atoms with Gasteiger partial charge in [0.2, 0.25) is 5.88 Å².